The van der Waals surface area contributed by atoms with E-state index in [2.05, 4.69) is 29.4 Å². The summed E-state index contributed by atoms with van der Waals surface area (Å²) in [6, 6.07) is 6.00. The Morgan fingerprint density at radius 2 is 2.00 bits per heavy atom. The second kappa shape index (κ2) is 13.2. The molecule has 1 aliphatic heterocycles. The van der Waals surface area contributed by atoms with E-state index in [0.717, 1.165) is 81.8 Å². The maximum absolute atomic E-state index is 5.71. The fourth-order valence-corrected chi connectivity index (χ4v) is 2.99. The summed E-state index contributed by atoms with van der Waals surface area (Å²) in [7, 11) is 1.67. The first kappa shape index (κ1) is 22.3. The highest BCUT2D eigenvalue weighted by Gasteiger charge is 2.09. The zero-order chi connectivity index (χ0) is 20.0. The van der Waals surface area contributed by atoms with E-state index in [1.807, 2.05) is 18.2 Å². The predicted molar refractivity (Wildman–Crippen MR) is 113 cm³/mol. The van der Waals surface area contributed by atoms with Crippen LogP contribution < -0.4 is 20.1 Å². The first-order valence-electron chi connectivity index (χ1n) is 10.4. The number of aliphatic imine (C=N–C) groups is 1. The van der Waals surface area contributed by atoms with Crippen LogP contribution in [0.1, 0.15) is 32.3 Å². The molecule has 0 radical (unpaired) electrons. The zero-order valence-electron chi connectivity index (χ0n) is 17.6. The van der Waals surface area contributed by atoms with Crippen LogP contribution in [0.15, 0.2) is 23.2 Å². The molecule has 1 aliphatic rings. The van der Waals surface area contributed by atoms with Crippen LogP contribution in [0.5, 0.6) is 11.5 Å². The van der Waals surface area contributed by atoms with Crippen molar-refractivity contribution in [2.45, 2.75) is 33.2 Å². The highest BCUT2D eigenvalue weighted by molar-refractivity contribution is 5.79. The van der Waals surface area contributed by atoms with Crippen LogP contribution in [0.3, 0.4) is 0 Å². The second-order valence-corrected chi connectivity index (χ2v) is 6.76. The van der Waals surface area contributed by atoms with Gasteiger partial charge in [-0.15, -0.1) is 0 Å². The maximum Gasteiger partial charge on any atom is 0.191 e. The smallest absolute Gasteiger partial charge is 0.191 e. The lowest BCUT2D eigenvalue weighted by Gasteiger charge is -2.26. The van der Waals surface area contributed by atoms with E-state index in [-0.39, 0.29) is 0 Å². The Kier molecular flexibility index (Phi) is 10.5. The average molecular weight is 393 g/mol. The van der Waals surface area contributed by atoms with Crippen molar-refractivity contribution in [1.29, 1.82) is 0 Å². The predicted octanol–water partition coefficient (Wildman–Crippen LogP) is 2.26. The first-order chi connectivity index (χ1) is 13.8. The third-order valence-corrected chi connectivity index (χ3v) is 4.50. The second-order valence-electron chi connectivity index (χ2n) is 6.76. The zero-order valence-corrected chi connectivity index (χ0v) is 17.6. The number of ether oxygens (including phenoxy) is 3. The fourth-order valence-electron chi connectivity index (χ4n) is 2.99. The van der Waals surface area contributed by atoms with Gasteiger partial charge >= 0.3 is 0 Å². The van der Waals surface area contributed by atoms with E-state index in [4.69, 9.17) is 19.2 Å². The van der Waals surface area contributed by atoms with Gasteiger partial charge in [-0.1, -0.05) is 13.0 Å². The van der Waals surface area contributed by atoms with Crippen LogP contribution in [-0.4, -0.2) is 70.5 Å². The van der Waals surface area contributed by atoms with Gasteiger partial charge < -0.3 is 24.8 Å². The van der Waals surface area contributed by atoms with Crippen LogP contribution in [0.2, 0.25) is 0 Å². The van der Waals surface area contributed by atoms with Crippen molar-refractivity contribution < 1.29 is 14.2 Å². The molecule has 1 saturated heterocycles. The third-order valence-electron chi connectivity index (χ3n) is 4.50. The lowest BCUT2D eigenvalue weighted by Crippen LogP contribution is -2.40. The molecule has 2 rings (SSSR count). The quantitative estimate of drug-likeness (QED) is 0.342. The highest BCUT2D eigenvalue weighted by atomic mass is 16.5. The first-order valence-corrected chi connectivity index (χ1v) is 10.4. The van der Waals surface area contributed by atoms with Gasteiger partial charge in [-0.2, -0.15) is 0 Å². The van der Waals surface area contributed by atoms with E-state index in [0.29, 0.717) is 13.2 Å². The summed E-state index contributed by atoms with van der Waals surface area (Å²) in [5, 5.41) is 6.73. The Morgan fingerprint density at radius 1 is 1.18 bits per heavy atom. The van der Waals surface area contributed by atoms with Crippen LogP contribution in [0, 0.1) is 0 Å². The van der Waals surface area contributed by atoms with E-state index in [1.54, 1.807) is 7.11 Å². The molecule has 2 N–H and O–H groups in total. The Hall–Kier alpha value is -1.99. The molecular formula is C21H36N4O3. The number of nitrogens with zero attached hydrogens (tertiary/aromatic N) is 2. The van der Waals surface area contributed by atoms with Gasteiger partial charge in [-0.05, 0) is 44.0 Å². The minimum atomic E-state index is 0.587. The molecule has 0 aromatic heterocycles. The number of morpholine rings is 1. The van der Waals surface area contributed by atoms with Gasteiger partial charge in [0.15, 0.2) is 17.5 Å². The van der Waals surface area contributed by atoms with Gasteiger partial charge in [0.05, 0.1) is 33.5 Å². The van der Waals surface area contributed by atoms with Crippen LogP contribution >= 0.6 is 0 Å². The molecule has 0 spiro atoms. The summed E-state index contributed by atoms with van der Waals surface area (Å²) in [5.74, 6) is 2.38. The van der Waals surface area contributed by atoms with E-state index in [1.165, 1.54) is 0 Å². The summed E-state index contributed by atoms with van der Waals surface area (Å²) in [5.41, 5.74) is 1.09. The fraction of sp³-hybridized carbons (Fsp3) is 0.667. The molecule has 1 aromatic carbocycles. The van der Waals surface area contributed by atoms with Crippen molar-refractivity contribution in [3.8, 4) is 11.5 Å². The normalized spacial score (nSPS) is 15.3. The standard InChI is InChI=1S/C21H36N4O3/c1-4-13-28-19-8-7-18(16-20(19)26-3)17-24-21(22-5-2)23-9-6-10-25-11-14-27-15-12-25/h7-8,16H,4-6,9-15,17H2,1-3H3,(H2,22,23,24). The third kappa shape index (κ3) is 7.94. The summed E-state index contributed by atoms with van der Waals surface area (Å²) in [4.78, 5) is 7.15. The summed E-state index contributed by atoms with van der Waals surface area (Å²) < 4.78 is 16.6. The Morgan fingerprint density at radius 3 is 2.71 bits per heavy atom. The molecule has 7 heteroatoms. The molecular weight excluding hydrogens is 356 g/mol. The minimum Gasteiger partial charge on any atom is -0.493 e. The van der Waals surface area contributed by atoms with E-state index < -0.39 is 0 Å². The molecule has 0 amide bonds. The largest absolute Gasteiger partial charge is 0.493 e. The Labute approximate surface area is 169 Å². The number of hydrogen-bond acceptors (Lipinski definition) is 5. The number of methoxy groups -OCH3 is 1. The molecule has 7 nitrogen and oxygen atoms in total. The highest BCUT2D eigenvalue weighted by Crippen LogP contribution is 2.28. The van der Waals surface area contributed by atoms with Gasteiger partial charge in [0, 0.05) is 26.2 Å². The SMILES string of the molecule is CCCOc1ccc(CN=C(NCC)NCCCN2CCOCC2)cc1OC. The molecule has 0 atom stereocenters. The minimum absolute atomic E-state index is 0.587. The number of hydrogen-bond donors (Lipinski definition) is 2. The van der Waals surface area contributed by atoms with E-state index in [9.17, 15) is 0 Å². The lowest BCUT2D eigenvalue weighted by atomic mass is 10.2. The van der Waals surface area contributed by atoms with Gasteiger partial charge in [0.25, 0.3) is 0 Å². The summed E-state index contributed by atoms with van der Waals surface area (Å²) in [6.45, 7) is 12.0. The average Bonchev–Trinajstić information content (AvgIpc) is 2.74. The molecule has 158 valence electrons. The van der Waals surface area contributed by atoms with Crippen LogP contribution in [-0.2, 0) is 11.3 Å². The molecule has 1 heterocycles. The number of guanidine groups is 1. The molecule has 0 saturated carbocycles. The molecule has 0 aliphatic carbocycles. The number of rotatable bonds is 11. The number of nitrogens with one attached hydrogen (secondary N) is 2. The summed E-state index contributed by atoms with van der Waals surface area (Å²) >= 11 is 0. The van der Waals surface area contributed by atoms with Gasteiger partial charge in [-0.3, -0.25) is 4.90 Å². The van der Waals surface area contributed by atoms with Crippen LogP contribution in [0.25, 0.3) is 0 Å². The molecule has 0 bridgehead atoms. The van der Waals surface area contributed by atoms with E-state index >= 15 is 0 Å². The number of benzene rings is 1. The van der Waals surface area contributed by atoms with Crippen molar-refractivity contribution in [2.24, 2.45) is 4.99 Å². The molecule has 1 fully saturated rings. The Balaban J connectivity index is 1.83. The molecule has 0 unspecified atom stereocenters. The van der Waals surface area contributed by atoms with Crippen molar-refractivity contribution >= 4 is 5.96 Å². The van der Waals surface area contributed by atoms with Crippen molar-refractivity contribution in [1.82, 2.24) is 15.5 Å². The molecule has 28 heavy (non-hydrogen) atoms. The van der Waals surface area contributed by atoms with Gasteiger partial charge in [-0.25, -0.2) is 4.99 Å². The van der Waals surface area contributed by atoms with Gasteiger partial charge in [0.2, 0.25) is 0 Å². The molecule has 1 aromatic rings. The van der Waals surface area contributed by atoms with Crippen molar-refractivity contribution in [3.05, 3.63) is 23.8 Å². The topological polar surface area (TPSA) is 67.4 Å². The lowest BCUT2D eigenvalue weighted by molar-refractivity contribution is 0.0376. The van der Waals surface area contributed by atoms with Crippen molar-refractivity contribution in [3.63, 3.8) is 0 Å². The maximum atomic E-state index is 5.71. The monoisotopic (exact) mass is 392 g/mol. The van der Waals surface area contributed by atoms with Crippen molar-refractivity contribution in [2.75, 3.05) is 59.7 Å². The van der Waals surface area contributed by atoms with Gasteiger partial charge in [0.1, 0.15) is 0 Å². The summed E-state index contributed by atoms with van der Waals surface area (Å²) in [6.07, 6.45) is 2.06. The Bertz CT molecular complexity index is 589. The van der Waals surface area contributed by atoms with Crippen LogP contribution in [0.4, 0.5) is 0 Å².